The van der Waals surface area contributed by atoms with Crippen molar-refractivity contribution in [2.75, 3.05) is 18.6 Å². The molecule has 0 radical (unpaired) electrons. The van der Waals surface area contributed by atoms with E-state index in [4.69, 9.17) is 16.3 Å². The zero-order valence-electron chi connectivity index (χ0n) is 18.2. The first-order valence-electron chi connectivity index (χ1n) is 11.0. The molecule has 3 amide bonds. The normalized spacial score (nSPS) is 24.5. The van der Waals surface area contributed by atoms with Gasteiger partial charge in [0.05, 0.1) is 39.9 Å². The maximum atomic E-state index is 13.5. The number of imide groups is 1. The van der Waals surface area contributed by atoms with Gasteiger partial charge in [0.2, 0.25) is 5.91 Å². The number of anilines is 1. The Hall–Kier alpha value is -3.19. The second-order valence-corrected chi connectivity index (χ2v) is 9.31. The highest BCUT2D eigenvalue weighted by molar-refractivity contribution is 6.34. The molecule has 0 N–H and O–H groups in total. The summed E-state index contributed by atoms with van der Waals surface area (Å²) in [5.74, 6) is -0.961. The van der Waals surface area contributed by atoms with Crippen molar-refractivity contribution >= 4 is 41.0 Å². The minimum Gasteiger partial charge on any atom is -0.465 e. The molecule has 3 aliphatic rings. The molecule has 2 aromatic rings. The number of halogens is 1. The number of benzene rings is 2. The lowest BCUT2D eigenvalue weighted by Crippen LogP contribution is -2.46. The SMILES string of the molecule is COC(=O)c1ccc(N2CCC3(CCC(N4C(=O)c5ccccc5C4=O)CC3)C2=O)c(Cl)c1. The zero-order chi connectivity index (χ0) is 23.3. The minimum atomic E-state index is -0.514. The van der Waals surface area contributed by atoms with E-state index in [1.54, 1.807) is 41.3 Å². The Bertz CT molecular complexity index is 1150. The minimum absolute atomic E-state index is 0.0102. The maximum Gasteiger partial charge on any atom is 0.337 e. The van der Waals surface area contributed by atoms with Crippen molar-refractivity contribution < 1.29 is 23.9 Å². The highest BCUT2D eigenvalue weighted by atomic mass is 35.5. The molecule has 2 aliphatic heterocycles. The topological polar surface area (TPSA) is 84.0 Å². The zero-order valence-corrected chi connectivity index (χ0v) is 18.9. The van der Waals surface area contributed by atoms with Gasteiger partial charge in [-0.1, -0.05) is 23.7 Å². The third-order valence-electron chi connectivity index (χ3n) is 7.28. The lowest BCUT2D eigenvalue weighted by molar-refractivity contribution is -0.127. The van der Waals surface area contributed by atoms with Crippen LogP contribution < -0.4 is 4.90 Å². The number of methoxy groups -OCH3 is 1. The highest BCUT2D eigenvalue weighted by Gasteiger charge is 2.51. The second kappa shape index (κ2) is 7.99. The van der Waals surface area contributed by atoms with E-state index in [0.717, 1.165) is 0 Å². The second-order valence-electron chi connectivity index (χ2n) is 8.90. The van der Waals surface area contributed by atoms with Gasteiger partial charge in [0.1, 0.15) is 0 Å². The van der Waals surface area contributed by atoms with Crippen molar-refractivity contribution in [1.29, 1.82) is 0 Å². The average Bonchev–Trinajstić information content (AvgIpc) is 3.28. The molecule has 170 valence electrons. The largest absolute Gasteiger partial charge is 0.465 e. The number of carbonyl (C=O) groups excluding carboxylic acids is 4. The predicted molar refractivity (Wildman–Crippen MR) is 121 cm³/mol. The van der Waals surface area contributed by atoms with Gasteiger partial charge in [0.15, 0.2) is 0 Å². The first-order valence-corrected chi connectivity index (χ1v) is 11.4. The van der Waals surface area contributed by atoms with E-state index in [1.165, 1.54) is 18.1 Å². The molecule has 0 unspecified atom stereocenters. The van der Waals surface area contributed by atoms with Gasteiger partial charge in [0, 0.05) is 12.6 Å². The Morgan fingerprint density at radius 3 is 2.21 bits per heavy atom. The van der Waals surface area contributed by atoms with Crippen LogP contribution in [0.5, 0.6) is 0 Å². The quantitative estimate of drug-likeness (QED) is 0.502. The molecule has 8 heteroatoms. The monoisotopic (exact) mass is 466 g/mol. The summed E-state index contributed by atoms with van der Waals surface area (Å²) in [6, 6.07) is 11.5. The number of hydrogen-bond acceptors (Lipinski definition) is 5. The van der Waals surface area contributed by atoms with Gasteiger partial charge in [-0.3, -0.25) is 19.3 Å². The summed E-state index contributed by atoms with van der Waals surface area (Å²) in [6.45, 7) is 0.536. The van der Waals surface area contributed by atoms with Gasteiger partial charge in [-0.2, -0.15) is 0 Å². The standard InChI is InChI=1S/C25H23ClN2O5/c1-33-23(31)15-6-7-20(19(26)14-15)27-13-12-25(24(27)32)10-8-16(9-11-25)28-21(29)17-4-2-3-5-18(17)22(28)30/h2-7,14,16H,8-13H2,1H3. The van der Waals surface area contributed by atoms with Crippen molar-refractivity contribution in [2.24, 2.45) is 5.41 Å². The summed E-state index contributed by atoms with van der Waals surface area (Å²) in [4.78, 5) is 54.0. The summed E-state index contributed by atoms with van der Waals surface area (Å²) in [5.41, 5.74) is 1.30. The van der Waals surface area contributed by atoms with E-state index < -0.39 is 11.4 Å². The van der Waals surface area contributed by atoms with Crippen molar-refractivity contribution in [3.05, 3.63) is 64.2 Å². The van der Waals surface area contributed by atoms with Gasteiger partial charge in [0.25, 0.3) is 11.8 Å². The van der Waals surface area contributed by atoms with Gasteiger partial charge in [-0.15, -0.1) is 0 Å². The molecule has 2 heterocycles. The van der Waals surface area contributed by atoms with E-state index in [2.05, 4.69) is 0 Å². The van der Waals surface area contributed by atoms with Crippen LogP contribution in [0.3, 0.4) is 0 Å². The first-order chi connectivity index (χ1) is 15.9. The maximum absolute atomic E-state index is 13.5. The molecular formula is C25H23ClN2O5. The van der Waals surface area contributed by atoms with Crippen LogP contribution in [0.25, 0.3) is 0 Å². The van der Waals surface area contributed by atoms with Crippen LogP contribution in [0.4, 0.5) is 5.69 Å². The lowest BCUT2D eigenvalue weighted by Gasteiger charge is -2.38. The predicted octanol–water partition coefficient (Wildman–Crippen LogP) is 4.09. The van der Waals surface area contributed by atoms with Crippen LogP contribution >= 0.6 is 11.6 Å². The van der Waals surface area contributed by atoms with E-state index >= 15 is 0 Å². The number of ether oxygens (including phenoxy) is 1. The Morgan fingerprint density at radius 2 is 1.64 bits per heavy atom. The third-order valence-corrected chi connectivity index (χ3v) is 7.58. The fraction of sp³-hybridized carbons (Fsp3) is 0.360. The summed E-state index contributed by atoms with van der Waals surface area (Å²) in [5, 5.41) is 0.322. The molecule has 0 atom stereocenters. The van der Waals surface area contributed by atoms with Gasteiger partial charge < -0.3 is 9.64 Å². The number of rotatable bonds is 3. The Balaban J connectivity index is 1.30. The Kier molecular flexibility index (Phi) is 5.24. The molecule has 1 spiro atoms. The molecule has 2 fully saturated rings. The van der Waals surface area contributed by atoms with E-state index in [0.29, 0.717) is 66.0 Å². The number of nitrogens with zero attached hydrogens (tertiary/aromatic N) is 2. The molecule has 7 nitrogen and oxygen atoms in total. The number of amides is 3. The summed E-state index contributed by atoms with van der Waals surface area (Å²) in [7, 11) is 1.30. The smallest absolute Gasteiger partial charge is 0.337 e. The van der Waals surface area contributed by atoms with Crippen LogP contribution in [0.2, 0.25) is 5.02 Å². The molecule has 0 bridgehead atoms. The van der Waals surface area contributed by atoms with E-state index in [9.17, 15) is 19.2 Å². The summed E-state index contributed by atoms with van der Waals surface area (Å²) in [6.07, 6.45) is 3.10. The van der Waals surface area contributed by atoms with Gasteiger partial charge >= 0.3 is 5.97 Å². The molecule has 5 rings (SSSR count). The lowest BCUT2D eigenvalue weighted by atomic mass is 9.71. The van der Waals surface area contributed by atoms with Crippen molar-refractivity contribution in [3.8, 4) is 0 Å². The molecule has 1 saturated carbocycles. The fourth-order valence-corrected chi connectivity index (χ4v) is 5.72. The van der Waals surface area contributed by atoms with Crippen LogP contribution in [0.1, 0.15) is 63.2 Å². The Labute approximate surface area is 196 Å². The molecule has 1 aliphatic carbocycles. The molecule has 33 heavy (non-hydrogen) atoms. The van der Waals surface area contributed by atoms with Crippen molar-refractivity contribution in [3.63, 3.8) is 0 Å². The number of fused-ring (bicyclic) bond motifs is 1. The highest BCUT2D eigenvalue weighted by Crippen LogP contribution is 2.48. The van der Waals surface area contributed by atoms with Gasteiger partial charge in [-0.25, -0.2) is 4.79 Å². The molecule has 0 aromatic heterocycles. The molecule has 1 saturated heterocycles. The summed E-state index contributed by atoms with van der Waals surface area (Å²) < 4.78 is 4.73. The first kappa shape index (κ1) is 21.6. The number of esters is 1. The van der Waals surface area contributed by atoms with E-state index in [1.807, 2.05) is 0 Å². The molecule has 2 aromatic carbocycles. The Morgan fingerprint density at radius 1 is 1.00 bits per heavy atom. The van der Waals surface area contributed by atoms with Crippen molar-refractivity contribution in [2.45, 2.75) is 38.1 Å². The van der Waals surface area contributed by atoms with Crippen LogP contribution in [0, 0.1) is 5.41 Å². The van der Waals surface area contributed by atoms with Gasteiger partial charge in [-0.05, 0) is 62.4 Å². The number of carbonyl (C=O) groups is 4. The molecular weight excluding hydrogens is 444 g/mol. The van der Waals surface area contributed by atoms with Crippen molar-refractivity contribution in [1.82, 2.24) is 4.90 Å². The fourth-order valence-electron chi connectivity index (χ4n) is 5.44. The van der Waals surface area contributed by atoms with E-state index in [-0.39, 0.29) is 23.8 Å². The third kappa shape index (κ3) is 3.33. The number of hydrogen-bond donors (Lipinski definition) is 0. The summed E-state index contributed by atoms with van der Waals surface area (Å²) >= 11 is 6.41. The van der Waals surface area contributed by atoms with Crippen LogP contribution in [0.15, 0.2) is 42.5 Å². The van der Waals surface area contributed by atoms with Crippen LogP contribution in [-0.4, -0.2) is 48.3 Å². The van der Waals surface area contributed by atoms with Crippen LogP contribution in [-0.2, 0) is 9.53 Å². The average molecular weight is 467 g/mol.